The summed E-state index contributed by atoms with van der Waals surface area (Å²) >= 11 is 1.88. The number of methoxy groups -OCH3 is 1. The molecule has 5 aromatic rings. The van der Waals surface area contributed by atoms with Crippen molar-refractivity contribution in [1.29, 1.82) is 0 Å². The standard InChI is InChI=1S/C28H26N4OS/c1-3-19-12-13-25(34-19)27-26-22(21-9-4-6-10-23(21)31-26)14-15-32(27)28-29-16-18(17-30-28)20-8-5-7-11-24(20)33-2/h4-13,16-17,27,31H,3,14-15H2,1-2H3. The van der Waals surface area contributed by atoms with Crippen LogP contribution in [0.15, 0.2) is 73.1 Å². The van der Waals surface area contributed by atoms with Gasteiger partial charge < -0.3 is 14.6 Å². The number of nitrogens with zero attached hydrogens (tertiary/aromatic N) is 3. The summed E-state index contributed by atoms with van der Waals surface area (Å²) in [5, 5.41) is 1.32. The number of rotatable bonds is 5. The second kappa shape index (κ2) is 8.61. The molecule has 0 amide bonds. The molecule has 4 heterocycles. The lowest BCUT2D eigenvalue weighted by atomic mass is 9.96. The zero-order valence-electron chi connectivity index (χ0n) is 19.3. The third-order valence-corrected chi connectivity index (χ3v) is 7.93. The van der Waals surface area contributed by atoms with Gasteiger partial charge in [0.1, 0.15) is 11.8 Å². The predicted molar refractivity (Wildman–Crippen MR) is 139 cm³/mol. The van der Waals surface area contributed by atoms with E-state index in [0.717, 1.165) is 42.2 Å². The molecule has 0 saturated heterocycles. The number of thiophene rings is 1. The lowest BCUT2D eigenvalue weighted by Crippen LogP contribution is -2.36. The molecular weight excluding hydrogens is 440 g/mol. The van der Waals surface area contributed by atoms with Crippen molar-refractivity contribution in [2.45, 2.75) is 25.8 Å². The van der Waals surface area contributed by atoms with Crippen molar-refractivity contribution in [3.05, 3.63) is 94.1 Å². The molecule has 170 valence electrons. The van der Waals surface area contributed by atoms with Crippen LogP contribution in [0.4, 0.5) is 5.95 Å². The Kier molecular flexibility index (Phi) is 5.30. The SMILES string of the molecule is CCc1ccc(C2c3[nH]c4ccccc4c3CCN2c2ncc(-c3ccccc3OC)cn2)s1. The van der Waals surface area contributed by atoms with Crippen LogP contribution >= 0.6 is 11.3 Å². The Morgan fingerprint density at radius 2 is 1.82 bits per heavy atom. The number of hydrogen-bond donors (Lipinski definition) is 1. The third kappa shape index (κ3) is 3.46. The minimum Gasteiger partial charge on any atom is -0.496 e. The van der Waals surface area contributed by atoms with Gasteiger partial charge in [0.2, 0.25) is 5.95 Å². The lowest BCUT2D eigenvalue weighted by Gasteiger charge is -2.35. The van der Waals surface area contributed by atoms with Gasteiger partial charge in [-0.25, -0.2) is 9.97 Å². The van der Waals surface area contributed by atoms with Crippen LogP contribution in [-0.2, 0) is 12.8 Å². The molecule has 6 heteroatoms. The summed E-state index contributed by atoms with van der Waals surface area (Å²) < 4.78 is 5.53. The number of aromatic nitrogens is 3. The van der Waals surface area contributed by atoms with Gasteiger partial charge in [0.15, 0.2) is 0 Å². The molecule has 1 aliphatic rings. The van der Waals surface area contributed by atoms with Crippen LogP contribution in [0, 0.1) is 0 Å². The Morgan fingerprint density at radius 3 is 2.62 bits per heavy atom. The molecule has 0 bridgehead atoms. The number of aryl methyl sites for hydroxylation is 1. The van der Waals surface area contributed by atoms with Crippen molar-refractivity contribution in [3.63, 3.8) is 0 Å². The number of benzene rings is 2. The number of aromatic amines is 1. The highest BCUT2D eigenvalue weighted by molar-refractivity contribution is 7.12. The molecule has 0 saturated carbocycles. The Labute approximate surface area is 203 Å². The number of hydrogen-bond acceptors (Lipinski definition) is 5. The molecule has 0 aliphatic carbocycles. The number of anilines is 1. The number of fused-ring (bicyclic) bond motifs is 3. The van der Waals surface area contributed by atoms with E-state index in [1.165, 1.54) is 31.9 Å². The Bertz CT molecular complexity index is 1450. The van der Waals surface area contributed by atoms with Gasteiger partial charge in [-0.05, 0) is 42.7 Å². The van der Waals surface area contributed by atoms with Gasteiger partial charge in [-0.2, -0.15) is 0 Å². The summed E-state index contributed by atoms with van der Waals surface area (Å²) in [5.41, 5.74) is 5.81. The van der Waals surface area contributed by atoms with E-state index >= 15 is 0 Å². The molecule has 1 unspecified atom stereocenters. The number of H-pyrrole nitrogens is 1. The fourth-order valence-electron chi connectivity index (χ4n) is 4.98. The molecule has 1 N–H and O–H groups in total. The van der Waals surface area contributed by atoms with E-state index in [4.69, 9.17) is 14.7 Å². The van der Waals surface area contributed by atoms with Crippen molar-refractivity contribution in [3.8, 4) is 16.9 Å². The average molecular weight is 467 g/mol. The van der Waals surface area contributed by atoms with Crippen LogP contribution in [-0.4, -0.2) is 28.6 Å². The first-order valence-corrected chi connectivity index (χ1v) is 12.5. The molecule has 0 fully saturated rings. The summed E-state index contributed by atoms with van der Waals surface area (Å²) in [6, 6.07) is 21.2. The third-order valence-electron chi connectivity index (χ3n) is 6.65. The summed E-state index contributed by atoms with van der Waals surface area (Å²) in [6.45, 7) is 3.08. The molecular formula is C28H26N4OS. The maximum Gasteiger partial charge on any atom is 0.226 e. The maximum atomic E-state index is 5.53. The summed E-state index contributed by atoms with van der Waals surface area (Å²) in [6.07, 6.45) is 5.81. The zero-order valence-corrected chi connectivity index (χ0v) is 20.1. The van der Waals surface area contributed by atoms with E-state index in [2.05, 4.69) is 53.2 Å². The van der Waals surface area contributed by atoms with Crippen molar-refractivity contribution in [2.75, 3.05) is 18.6 Å². The van der Waals surface area contributed by atoms with Crippen molar-refractivity contribution in [2.24, 2.45) is 0 Å². The van der Waals surface area contributed by atoms with E-state index in [1.54, 1.807) is 7.11 Å². The van der Waals surface area contributed by atoms with Crippen molar-refractivity contribution < 1.29 is 4.74 Å². The first-order valence-electron chi connectivity index (χ1n) is 11.7. The lowest BCUT2D eigenvalue weighted by molar-refractivity contribution is 0.416. The van der Waals surface area contributed by atoms with Crippen molar-refractivity contribution >= 4 is 28.2 Å². The van der Waals surface area contributed by atoms with Gasteiger partial charge in [-0.3, -0.25) is 0 Å². The quantitative estimate of drug-likeness (QED) is 0.325. The van der Waals surface area contributed by atoms with Gasteiger partial charge in [0.25, 0.3) is 0 Å². The predicted octanol–water partition coefficient (Wildman–Crippen LogP) is 6.41. The largest absolute Gasteiger partial charge is 0.496 e. The molecule has 2 aromatic carbocycles. The minimum absolute atomic E-state index is 0.0681. The Balaban J connectivity index is 1.43. The van der Waals surface area contributed by atoms with Crippen LogP contribution in [0.25, 0.3) is 22.0 Å². The molecule has 1 aliphatic heterocycles. The molecule has 6 rings (SSSR count). The van der Waals surface area contributed by atoms with Crippen LogP contribution in [0.5, 0.6) is 5.75 Å². The normalized spacial score (nSPS) is 15.5. The highest BCUT2D eigenvalue weighted by Crippen LogP contribution is 2.42. The van der Waals surface area contributed by atoms with Crippen LogP contribution in [0.3, 0.4) is 0 Å². The van der Waals surface area contributed by atoms with Gasteiger partial charge in [-0.1, -0.05) is 43.3 Å². The topological polar surface area (TPSA) is 54.0 Å². The van der Waals surface area contributed by atoms with Crippen LogP contribution in [0.1, 0.15) is 34.0 Å². The zero-order chi connectivity index (χ0) is 23.1. The Morgan fingerprint density at radius 1 is 1.03 bits per heavy atom. The fourth-order valence-corrected chi connectivity index (χ4v) is 6.05. The van der Waals surface area contributed by atoms with E-state index < -0.39 is 0 Å². The van der Waals surface area contributed by atoms with E-state index in [9.17, 15) is 0 Å². The summed E-state index contributed by atoms with van der Waals surface area (Å²) in [7, 11) is 1.69. The fraction of sp³-hybridized carbons (Fsp3) is 0.214. The highest BCUT2D eigenvalue weighted by atomic mass is 32.1. The van der Waals surface area contributed by atoms with E-state index in [1.807, 2.05) is 48.0 Å². The molecule has 0 spiro atoms. The molecule has 0 radical (unpaired) electrons. The first-order chi connectivity index (χ1) is 16.8. The maximum absolute atomic E-state index is 5.53. The van der Waals surface area contributed by atoms with Gasteiger partial charge >= 0.3 is 0 Å². The van der Waals surface area contributed by atoms with Crippen molar-refractivity contribution in [1.82, 2.24) is 15.0 Å². The smallest absolute Gasteiger partial charge is 0.226 e. The van der Waals surface area contributed by atoms with E-state index in [-0.39, 0.29) is 6.04 Å². The molecule has 3 aromatic heterocycles. The summed E-state index contributed by atoms with van der Waals surface area (Å²) in [4.78, 5) is 18.5. The molecule has 1 atom stereocenters. The first kappa shape index (κ1) is 20.9. The second-order valence-corrected chi connectivity index (χ2v) is 9.74. The van der Waals surface area contributed by atoms with Gasteiger partial charge in [0, 0.05) is 56.4 Å². The van der Waals surface area contributed by atoms with Gasteiger partial charge in [-0.15, -0.1) is 11.3 Å². The minimum atomic E-state index is 0.0681. The van der Waals surface area contributed by atoms with Gasteiger partial charge in [0.05, 0.1) is 7.11 Å². The highest BCUT2D eigenvalue weighted by Gasteiger charge is 2.34. The number of ether oxygens (including phenoxy) is 1. The Hall–Kier alpha value is -3.64. The number of nitrogens with one attached hydrogen (secondary N) is 1. The van der Waals surface area contributed by atoms with E-state index in [0.29, 0.717) is 0 Å². The average Bonchev–Trinajstić information content (AvgIpc) is 3.53. The molecule has 34 heavy (non-hydrogen) atoms. The second-order valence-electron chi connectivity index (χ2n) is 8.54. The molecule has 5 nitrogen and oxygen atoms in total. The monoisotopic (exact) mass is 466 g/mol. The van der Waals surface area contributed by atoms with Crippen LogP contribution in [0.2, 0.25) is 0 Å². The summed E-state index contributed by atoms with van der Waals surface area (Å²) in [5.74, 6) is 1.57. The number of para-hydroxylation sites is 2. The van der Waals surface area contributed by atoms with Crippen LogP contribution < -0.4 is 9.64 Å².